The molecule has 1 amide bonds. The molecule has 0 aliphatic heterocycles. The van der Waals surface area contributed by atoms with E-state index in [-0.39, 0.29) is 24.9 Å². The molecule has 1 N–H and O–H groups in total. The number of rotatable bonds is 12. The summed E-state index contributed by atoms with van der Waals surface area (Å²) >= 11 is 0. The number of benzene rings is 2. The number of halogens is 1. The number of tetrazole rings is 1. The van der Waals surface area contributed by atoms with Crippen molar-refractivity contribution in [3.05, 3.63) is 78.0 Å². The van der Waals surface area contributed by atoms with Crippen molar-refractivity contribution in [2.45, 2.75) is 38.8 Å². The van der Waals surface area contributed by atoms with E-state index in [0.717, 1.165) is 48.4 Å². The van der Waals surface area contributed by atoms with Gasteiger partial charge in [0, 0.05) is 24.8 Å². The molecule has 0 saturated carbocycles. The summed E-state index contributed by atoms with van der Waals surface area (Å²) in [6.07, 6.45) is 3.65. The molecule has 4 aromatic rings. The van der Waals surface area contributed by atoms with Gasteiger partial charge < -0.3 is 9.64 Å². The molecule has 35 heavy (non-hydrogen) atoms. The number of nitrogens with zero attached hydrogens (tertiary/aromatic N) is 6. The summed E-state index contributed by atoms with van der Waals surface area (Å²) in [6.45, 7) is 0.870. The van der Waals surface area contributed by atoms with E-state index in [1.807, 2.05) is 42.5 Å². The average Bonchev–Trinajstić information content (AvgIpc) is 3.53. The van der Waals surface area contributed by atoms with Crippen molar-refractivity contribution >= 4 is 5.91 Å². The van der Waals surface area contributed by atoms with Gasteiger partial charge in [0.05, 0.1) is 5.69 Å². The first-order valence-corrected chi connectivity index (χ1v) is 11.6. The van der Waals surface area contributed by atoms with Gasteiger partial charge >= 0.3 is 0 Å². The van der Waals surface area contributed by atoms with Crippen molar-refractivity contribution in [1.82, 2.24) is 35.3 Å². The lowest BCUT2D eigenvalue weighted by Gasteiger charge is -2.16. The fourth-order valence-electron chi connectivity index (χ4n) is 3.56. The van der Waals surface area contributed by atoms with Gasteiger partial charge in [-0.25, -0.2) is 4.39 Å². The van der Waals surface area contributed by atoms with E-state index in [1.165, 1.54) is 16.9 Å². The summed E-state index contributed by atoms with van der Waals surface area (Å²) < 4.78 is 19.0. The highest BCUT2D eigenvalue weighted by Gasteiger charge is 2.12. The molecule has 0 aliphatic rings. The molecule has 4 rings (SSSR count). The van der Waals surface area contributed by atoms with E-state index in [9.17, 15) is 9.18 Å². The van der Waals surface area contributed by atoms with Crippen LogP contribution in [-0.2, 0) is 24.4 Å². The van der Waals surface area contributed by atoms with E-state index in [0.29, 0.717) is 12.4 Å². The second-order valence-corrected chi connectivity index (χ2v) is 8.25. The molecule has 0 aliphatic carbocycles. The highest BCUT2D eigenvalue weighted by atomic mass is 19.1. The molecule has 10 heteroatoms. The maximum absolute atomic E-state index is 13.4. The number of H-pyrrole nitrogens is 1. The number of likely N-dealkylation sites (N-methyl/N-ethyl adjacent to an activating group) is 1. The minimum atomic E-state index is -0.275. The molecule has 0 bridgehead atoms. The van der Waals surface area contributed by atoms with Crippen LogP contribution in [0.15, 0.2) is 60.7 Å². The van der Waals surface area contributed by atoms with Crippen LogP contribution >= 0.6 is 0 Å². The molecular formula is C25H28FN7O2. The van der Waals surface area contributed by atoms with E-state index >= 15 is 0 Å². The van der Waals surface area contributed by atoms with Gasteiger partial charge in [0.25, 0.3) is 0 Å². The number of carbonyl (C=O) groups excluding carboxylic acids is 1. The number of para-hydroxylation sites is 1. The van der Waals surface area contributed by atoms with Crippen molar-refractivity contribution in [3.63, 3.8) is 0 Å². The van der Waals surface area contributed by atoms with Gasteiger partial charge in [-0.2, -0.15) is 9.90 Å². The third-order valence-corrected chi connectivity index (χ3v) is 5.50. The molecule has 0 fully saturated rings. The lowest BCUT2D eigenvalue weighted by molar-refractivity contribution is -0.131. The van der Waals surface area contributed by atoms with Crippen LogP contribution in [0.2, 0.25) is 0 Å². The van der Waals surface area contributed by atoms with Crippen molar-refractivity contribution in [2.24, 2.45) is 0 Å². The van der Waals surface area contributed by atoms with Gasteiger partial charge in [0.1, 0.15) is 18.1 Å². The third-order valence-electron chi connectivity index (χ3n) is 5.50. The molecule has 0 unspecified atom stereocenters. The third kappa shape index (κ3) is 7.20. The highest BCUT2D eigenvalue weighted by molar-refractivity contribution is 5.75. The minimum absolute atomic E-state index is 0.0336. The SMILES string of the molecule is CN(CCCCCc1cc(-c2cccc(F)c2)n[nH]1)C(=O)Cn1nnc(COc2ccccc2)n1. The molecule has 9 nitrogen and oxygen atoms in total. The predicted molar refractivity (Wildman–Crippen MR) is 128 cm³/mol. The van der Waals surface area contributed by atoms with Crippen molar-refractivity contribution in [3.8, 4) is 17.0 Å². The van der Waals surface area contributed by atoms with E-state index in [4.69, 9.17) is 4.74 Å². The smallest absolute Gasteiger partial charge is 0.245 e. The zero-order valence-electron chi connectivity index (χ0n) is 19.6. The molecule has 2 aromatic carbocycles. The number of carbonyl (C=O) groups is 1. The standard InChI is InChI=1S/C25H28FN7O2/c1-32(25(34)17-33-30-24(29-31-33)18-35-22-12-5-2-6-13-22)14-7-3-4-11-21-16-23(28-27-21)19-9-8-10-20(26)15-19/h2,5-6,8-10,12-13,15-16H,3-4,7,11,14,17-18H2,1H3,(H,27,28). The highest BCUT2D eigenvalue weighted by Crippen LogP contribution is 2.19. The van der Waals surface area contributed by atoms with Gasteiger partial charge in [-0.1, -0.05) is 36.8 Å². The first-order chi connectivity index (χ1) is 17.1. The van der Waals surface area contributed by atoms with E-state index in [1.54, 1.807) is 18.0 Å². The summed E-state index contributed by atoms with van der Waals surface area (Å²) in [4.78, 5) is 15.4. The van der Waals surface area contributed by atoms with Crippen LogP contribution in [0.25, 0.3) is 11.3 Å². The molecule has 0 saturated heterocycles. The first-order valence-electron chi connectivity index (χ1n) is 11.6. The zero-order valence-corrected chi connectivity index (χ0v) is 19.6. The predicted octanol–water partition coefficient (Wildman–Crippen LogP) is 3.65. The summed E-state index contributed by atoms with van der Waals surface area (Å²) in [6, 6.07) is 17.7. The molecule has 0 spiro atoms. The van der Waals surface area contributed by atoms with Gasteiger partial charge in [-0.05, 0) is 54.8 Å². The Kier molecular flexibility index (Phi) is 8.16. The van der Waals surface area contributed by atoms with Crippen LogP contribution < -0.4 is 4.74 Å². The van der Waals surface area contributed by atoms with Crippen LogP contribution in [0.3, 0.4) is 0 Å². The Bertz CT molecular complexity index is 1230. The van der Waals surface area contributed by atoms with E-state index < -0.39 is 0 Å². The quantitative estimate of drug-likeness (QED) is 0.313. The molecule has 182 valence electrons. The Hall–Kier alpha value is -4.08. The monoisotopic (exact) mass is 477 g/mol. The van der Waals surface area contributed by atoms with E-state index in [2.05, 4.69) is 25.6 Å². The van der Waals surface area contributed by atoms with Gasteiger partial charge in [0.2, 0.25) is 11.7 Å². The Labute approximate surface area is 202 Å². The number of aryl methyl sites for hydroxylation is 1. The molecule has 0 atom stereocenters. The van der Waals surface area contributed by atoms with Crippen molar-refractivity contribution in [2.75, 3.05) is 13.6 Å². The second kappa shape index (κ2) is 11.9. The van der Waals surface area contributed by atoms with Crippen LogP contribution in [0, 0.1) is 5.82 Å². The normalized spacial score (nSPS) is 10.9. The Morgan fingerprint density at radius 3 is 2.77 bits per heavy atom. The van der Waals surface area contributed by atoms with Crippen LogP contribution in [0.5, 0.6) is 5.75 Å². The van der Waals surface area contributed by atoms with Gasteiger partial charge in [0.15, 0.2) is 6.61 Å². The molecule has 2 heterocycles. The zero-order chi connectivity index (χ0) is 24.5. The largest absolute Gasteiger partial charge is 0.485 e. The Morgan fingerprint density at radius 1 is 1.09 bits per heavy atom. The fraction of sp³-hybridized carbons (Fsp3) is 0.320. The van der Waals surface area contributed by atoms with Gasteiger partial charge in [-0.15, -0.1) is 10.2 Å². The number of aromatic nitrogens is 6. The summed E-state index contributed by atoms with van der Waals surface area (Å²) in [5, 5.41) is 19.4. The maximum Gasteiger partial charge on any atom is 0.245 e. The number of hydrogen-bond acceptors (Lipinski definition) is 6. The summed E-state index contributed by atoms with van der Waals surface area (Å²) in [5.41, 5.74) is 2.50. The van der Waals surface area contributed by atoms with Crippen molar-refractivity contribution < 1.29 is 13.9 Å². The number of ether oxygens (including phenoxy) is 1. The topological polar surface area (TPSA) is 102 Å². The Balaban J connectivity index is 1.13. The molecular weight excluding hydrogens is 449 g/mol. The van der Waals surface area contributed by atoms with Crippen LogP contribution in [0.4, 0.5) is 4.39 Å². The van der Waals surface area contributed by atoms with Crippen LogP contribution in [0.1, 0.15) is 30.8 Å². The number of hydrogen-bond donors (Lipinski definition) is 1. The number of nitrogens with one attached hydrogen (secondary N) is 1. The summed E-state index contributed by atoms with van der Waals surface area (Å²) in [5.74, 6) is 0.789. The lowest BCUT2D eigenvalue weighted by Crippen LogP contribution is -2.31. The van der Waals surface area contributed by atoms with Crippen molar-refractivity contribution in [1.29, 1.82) is 0 Å². The summed E-state index contributed by atoms with van der Waals surface area (Å²) in [7, 11) is 1.78. The molecule has 2 aromatic heterocycles. The number of amides is 1. The second-order valence-electron chi connectivity index (χ2n) is 8.25. The number of unbranched alkanes of at least 4 members (excludes halogenated alkanes) is 2. The average molecular weight is 478 g/mol. The minimum Gasteiger partial charge on any atom is -0.485 e. The van der Waals surface area contributed by atoms with Gasteiger partial charge in [-0.3, -0.25) is 9.89 Å². The number of aromatic amines is 1. The fourth-order valence-corrected chi connectivity index (χ4v) is 3.56. The lowest BCUT2D eigenvalue weighted by atomic mass is 10.1. The first kappa shape index (κ1) is 24.1. The van der Waals surface area contributed by atoms with Crippen LogP contribution in [-0.4, -0.2) is 54.8 Å². The maximum atomic E-state index is 13.4. The molecule has 0 radical (unpaired) electrons. The Morgan fingerprint density at radius 2 is 1.94 bits per heavy atom.